The van der Waals surface area contributed by atoms with E-state index in [0.29, 0.717) is 0 Å². The average molecular weight is 331 g/mol. The van der Waals surface area contributed by atoms with E-state index in [0.717, 1.165) is 28.6 Å². The molecule has 90 valence electrons. The molecule has 2 saturated carbocycles. The van der Waals surface area contributed by atoms with Crippen LogP contribution >= 0.6 is 22.6 Å². The van der Waals surface area contributed by atoms with Crippen LogP contribution in [0.25, 0.3) is 0 Å². The molecule has 0 aromatic heterocycles. The van der Waals surface area contributed by atoms with E-state index in [2.05, 4.69) is 35.6 Å². The lowest BCUT2D eigenvalue weighted by Crippen LogP contribution is -2.29. The third-order valence-corrected chi connectivity index (χ3v) is 6.02. The van der Waals surface area contributed by atoms with Crippen molar-refractivity contribution >= 4 is 22.6 Å². The molecule has 0 spiro atoms. The van der Waals surface area contributed by atoms with Gasteiger partial charge in [0.15, 0.2) is 0 Å². The fourth-order valence-electron chi connectivity index (χ4n) is 3.41. The maximum atomic E-state index is 9.13. The lowest BCUT2D eigenvalue weighted by molar-refractivity contribution is 0.149. The van der Waals surface area contributed by atoms with Gasteiger partial charge >= 0.3 is 0 Å². The van der Waals surface area contributed by atoms with Crippen molar-refractivity contribution in [3.8, 4) is 6.07 Å². The smallest absolute Gasteiger partial charge is 0.0686 e. The number of hydrogen-bond acceptors (Lipinski definition) is 1. The maximum absolute atomic E-state index is 9.13. The summed E-state index contributed by atoms with van der Waals surface area (Å²) in [5.74, 6) is 1.92. The van der Waals surface area contributed by atoms with Crippen molar-refractivity contribution in [1.82, 2.24) is 0 Å². The molecule has 1 nitrogen and oxygen atoms in total. The van der Waals surface area contributed by atoms with Crippen LogP contribution < -0.4 is 0 Å². The number of alkyl halides is 1. The summed E-state index contributed by atoms with van der Waals surface area (Å²) in [5, 5.41) is 9.13. The van der Waals surface area contributed by atoms with Crippen LogP contribution in [0.4, 0.5) is 0 Å². The fraction of sp³-hybridized carbons (Fsp3) is 0.929. The van der Waals surface area contributed by atoms with Crippen molar-refractivity contribution in [2.24, 2.45) is 17.3 Å². The van der Waals surface area contributed by atoms with Crippen molar-refractivity contribution in [2.45, 2.75) is 62.2 Å². The van der Waals surface area contributed by atoms with Gasteiger partial charge in [0.1, 0.15) is 0 Å². The quantitative estimate of drug-likeness (QED) is 0.505. The van der Waals surface area contributed by atoms with Gasteiger partial charge in [-0.25, -0.2) is 0 Å². The minimum atomic E-state index is -0.00301. The van der Waals surface area contributed by atoms with Crippen molar-refractivity contribution in [3.05, 3.63) is 0 Å². The molecule has 0 heterocycles. The minimum absolute atomic E-state index is 0.00301. The Bertz CT molecular complexity index is 265. The van der Waals surface area contributed by atoms with Gasteiger partial charge < -0.3 is 0 Å². The molecule has 2 rings (SSSR count). The van der Waals surface area contributed by atoms with Crippen LogP contribution in [0.5, 0.6) is 0 Å². The molecule has 2 heteroatoms. The number of halogens is 1. The molecule has 2 aliphatic rings. The van der Waals surface area contributed by atoms with E-state index in [-0.39, 0.29) is 5.41 Å². The first-order valence-corrected chi connectivity index (χ1v) is 7.93. The molecule has 0 atom stereocenters. The first-order chi connectivity index (χ1) is 7.63. The van der Waals surface area contributed by atoms with Gasteiger partial charge in [-0.05, 0) is 70.1 Å². The lowest BCUT2D eigenvalue weighted by atomic mass is 9.66. The molecular weight excluding hydrogens is 309 g/mol. The van der Waals surface area contributed by atoms with Crippen LogP contribution in [0.1, 0.15) is 58.3 Å². The van der Waals surface area contributed by atoms with E-state index in [4.69, 9.17) is 5.26 Å². The molecule has 0 aromatic carbocycles. The SMILES string of the molecule is CC1(C#N)CCC(C2CCC(I)CC2)CC1. The van der Waals surface area contributed by atoms with Gasteiger partial charge in [0.25, 0.3) is 0 Å². The molecule has 0 amide bonds. The Morgan fingerprint density at radius 1 is 1.00 bits per heavy atom. The third kappa shape index (κ3) is 2.91. The molecule has 0 unspecified atom stereocenters. The second kappa shape index (κ2) is 5.25. The van der Waals surface area contributed by atoms with E-state index < -0.39 is 0 Å². The van der Waals surface area contributed by atoms with E-state index in [9.17, 15) is 0 Å². The normalized spacial score (nSPS) is 44.9. The standard InChI is InChI=1S/C14H22IN/c1-14(10-16)8-6-12(7-9-14)11-2-4-13(15)5-3-11/h11-13H,2-9H2,1H3. The van der Waals surface area contributed by atoms with Crippen LogP contribution in [0.15, 0.2) is 0 Å². The van der Waals surface area contributed by atoms with Gasteiger partial charge in [-0.3, -0.25) is 0 Å². The second-order valence-electron chi connectivity index (χ2n) is 6.02. The highest BCUT2D eigenvalue weighted by molar-refractivity contribution is 14.1. The predicted molar refractivity (Wildman–Crippen MR) is 75.4 cm³/mol. The van der Waals surface area contributed by atoms with Crippen LogP contribution in [-0.4, -0.2) is 3.92 Å². The van der Waals surface area contributed by atoms with Crippen LogP contribution in [-0.2, 0) is 0 Å². The summed E-state index contributed by atoms with van der Waals surface area (Å²) in [5.41, 5.74) is -0.00301. The molecule has 0 saturated heterocycles. The topological polar surface area (TPSA) is 23.8 Å². The summed E-state index contributed by atoms with van der Waals surface area (Å²) in [4.78, 5) is 0. The Morgan fingerprint density at radius 2 is 1.50 bits per heavy atom. The average Bonchev–Trinajstić information content (AvgIpc) is 2.32. The van der Waals surface area contributed by atoms with E-state index in [1.807, 2.05) is 0 Å². The molecule has 16 heavy (non-hydrogen) atoms. The number of nitrogens with zero attached hydrogens (tertiary/aromatic N) is 1. The Labute approximate surface area is 113 Å². The van der Waals surface area contributed by atoms with Crippen LogP contribution in [0.3, 0.4) is 0 Å². The minimum Gasteiger partial charge on any atom is -0.198 e. The molecule has 0 radical (unpaired) electrons. The maximum Gasteiger partial charge on any atom is 0.0686 e. The van der Waals surface area contributed by atoms with Crippen molar-refractivity contribution in [3.63, 3.8) is 0 Å². The monoisotopic (exact) mass is 331 g/mol. The highest BCUT2D eigenvalue weighted by Gasteiger charge is 2.35. The van der Waals surface area contributed by atoms with Gasteiger partial charge in [-0.2, -0.15) is 5.26 Å². The zero-order chi connectivity index (χ0) is 11.6. The van der Waals surface area contributed by atoms with Gasteiger partial charge in [0, 0.05) is 3.92 Å². The zero-order valence-electron chi connectivity index (χ0n) is 10.2. The fourth-order valence-corrected chi connectivity index (χ4v) is 4.13. The summed E-state index contributed by atoms with van der Waals surface area (Å²) in [7, 11) is 0. The Kier molecular flexibility index (Phi) is 4.15. The van der Waals surface area contributed by atoms with Crippen LogP contribution in [0, 0.1) is 28.6 Å². The Hall–Kier alpha value is 0.220. The third-order valence-electron chi connectivity index (χ3n) is 4.77. The number of rotatable bonds is 1. The second-order valence-corrected chi connectivity index (χ2v) is 7.78. The van der Waals surface area contributed by atoms with E-state index >= 15 is 0 Å². The van der Waals surface area contributed by atoms with Gasteiger partial charge in [0.05, 0.1) is 11.5 Å². The van der Waals surface area contributed by atoms with E-state index in [1.165, 1.54) is 38.5 Å². The molecule has 0 aliphatic heterocycles. The molecule has 2 aliphatic carbocycles. The van der Waals surface area contributed by atoms with Gasteiger partial charge in [0.2, 0.25) is 0 Å². The Balaban J connectivity index is 1.83. The van der Waals surface area contributed by atoms with Crippen molar-refractivity contribution in [2.75, 3.05) is 0 Å². The molecule has 0 bridgehead atoms. The summed E-state index contributed by atoms with van der Waals surface area (Å²) in [6.45, 7) is 2.14. The zero-order valence-corrected chi connectivity index (χ0v) is 12.4. The number of hydrogen-bond donors (Lipinski definition) is 0. The largest absolute Gasteiger partial charge is 0.198 e. The molecule has 0 N–H and O–H groups in total. The summed E-state index contributed by atoms with van der Waals surface area (Å²) in [6.07, 6.45) is 10.6. The molecule has 0 aromatic rings. The van der Waals surface area contributed by atoms with Gasteiger partial charge in [-0.15, -0.1) is 0 Å². The van der Waals surface area contributed by atoms with Gasteiger partial charge in [-0.1, -0.05) is 22.6 Å². The highest BCUT2D eigenvalue weighted by atomic mass is 127. The summed E-state index contributed by atoms with van der Waals surface area (Å²) >= 11 is 2.61. The molecular formula is C14H22IN. The Morgan fingerprint density at radius 3 is 2.00 bits per heavy atom. The van der Waals surface area contributed by atoms with E-state index in [1.54, 1.807) is 0 Å². The van der Waals surface area contributed by atoms with Crippen molar-refractivity contribution in [1.29, 1.82) is 5.26 Å². The summed E-state index contributed by atoms with van der Waals surface area (Å²) < 4.78 is 0.932. The highest BCUT2D eigenvalue weighted by Crippen LogP contribution is 2.45. The number of nitriles is 1. The first-order valence-electron chi connectivity index (χ1n) is 6.68. The molecule has 2 fully saturated rings. The van der Waals surface area contributed by atoms with Crippen molar-refractivity contribution < 1.29 is 0 Å². The predicted octanol–water partition coefficient (Wildman–Crippen LogP) is 4.70. The first kappa shape index (κ1) is 12.7. The summed E-state index contributed by atoms with van der Waals surface area (Å²) in [6, 6.07) is 2.51. The lowest BCUT2D eigenvalue weighted by Gasteiger charge is -2.38. The van der Waals surface area contributed by atoms with Crippen LogP contribution in [0.2, 0.25) is 0 Å².